The summed E-state index contributed by atoms with van der Waals surface area (Å²) >= 11 is 0. The third kappa shape index (κ3) is 5.63. The average Bonchev–Trinajstić information content (AvgIpc) is 2.80. The normalized spacial score (nSPS) is 14.7. The van der Waals surface area contributed by atoms with Gasteiger partial charge in [0.15, 0.2) is 11.5 Å². The van der Waals surface area contributed by atoms with Crippen LogP contribution in [0.2, 0.25) is 0 Å². The zero-order valence-corrected chi connectivity index (χ0v) is 18.0. The maximum absolute atomic E-state index is 6.27. The zero-order valence-electron chi connectivity index (χ0n) is 18.0. The largest absolute Gasteiger partial charge is 0.490 e. The summed E-state index contributed by atoms with van der Waals surface area (Å²) in [6.07, 6.45) is 6.09. The topological polar surface area (TPSA) is 47.0 Å². The molecule has 5 nitrogen and oxygen atoms in total. The van der Waals surface area contributed by atoms with Crippen LogP contribution in [0.3, 0.4) is 0 Å². The van der Waals surface area contributed by atoms with Crippen molar-refractivity contribution in [3.8, 4) is 17.4 Å². The molecule has 4 rings (SSSR count). The quantitative estimate of drug-likeness (QED) is 0.538. The van der Waals surface area contributed by atoms with Crippen LogP contribution in [0.4, 0.5) is 0 Å². The van der Waals surface area contributed by atoms with E-state index in [1.54, 1.807) is 6.20 Å². The number of aromatic nitrogens is 1. The molecule has 0 spiro atoms. The molecule has 1 aliphatic heterocycles. The molecule has 2 aromatic carbocycles. The molecule has 1 aliphatic rings. The highest BCUT2D eigenvalue weighted by molar-refractivity contribution is 6.00. The Morgan fingerprint density at radius 2 is 1.61 bits per heavy atom. The molecule has 3 aromatic rings. The van der Waals surface area contributed by atoms with E-state index < -0.39 is 0 Å². The smallest absolute Gasteiger partial charge is 0.230 e. The fraction of sp³-hybridized carbons (Fsp3) is 0.308. The molecule has 160 valence electrons. The van der Waals surface area contributed by atoms with Crippen molar-refractivity contribution in [2.45, 2.75) is 32.2 Å². The summed E-state index contributed by atoms with van der Waals surface area (Å²) in [5.74, 6) is 2.84. The van der Waals surface area contributed by atoms with Crippen molar-refractivity contribution in [2.75, 3.05) is 20.2 Å². The number of aliphatic imine (C=N–C) groups is 1. The maximum atomic E-state index is 6.27. The molecule has 0 amide bonds. The van der Waals surface area contributed by atoms with Gasteiger partial charge in [-0.2, -0.15) is 0 Å². The van der Waals surface area contributed by atoms with Crippen LogP contribution in [0.25, 0.3) is 0 Å². The van der Waals surface area contributed by atoms with Gasteiger partial charge in [-0.05, 0) is 49.1 Å². The molecule has 0 atom stereocenters. The Morgan fingerprint density at radius 1 is 0.839 bits per heavy atom. The second kappa shape index (κ2) is 10.6. The second-order valence-corrected chi connectivity index (χ2v) is 7.71. The molecule has 2 heterocycles. The van der Waals surface area contributed by atoms with Crippen LogP contribution in [0.1, 0.15) is 36.8 Å². The standard InChI is InChI=1S/C26H29N3O2/c1-29(20-21-12-5-4-6-13-21)25-22-14-11-18-28-26(22)31-24-16-8-7-15-23(24)30-19-10-3-2-9-17-27-25/h4-8,11-16,18H,2-3,9-10,17,19-20H2,1H3. The summed E-state index contributed by atoms with van der Waals surface area (Å²) in [6.45, 7) is 2.22. The highest BCUT2D eigenvalue weighted by atomic mass is 16.5. The predicted octanol–water partition coefficient (Wildman–Crippen LogP) is 5.71. The molecular formula is C26H29N3O2. The van der Waals surface area contributed by atoms with Crippen molar-refractivity contribution in [3.05, 3.63) is 84.1 Å². The van der Waals surface area contributed by atoms with E-state index in [1.165, 1.54) is 5.56 Å². The van der Waals surface area contributed by atoms with Crippen LogP contribution >= 0.6 is 0 Å². The van der Waals surface area contributed by atoms with E-state index in [0.717, 1.165) is 55.9 Å². The first-order chi connectivity index (χ1) is 15.3. The van der Waals surface area contributed by atoms with E-state index in [1.807, 2.05) is 42.5 Å². The molecule has 0 unspecified atom stereocenters. The first-order valence-corrected chi connectivity index (χ1v) is 11.0. The molecule has 31 heavy (non-hydrogen) atoms. The molecule has 1 aromatic heterocycles. The number of nitrogens with zero attached hydrogens (tertiary/aromatic N) is 3. The van der Waals surface area contributed by atoms with Gasteiger partial charge in [0.05, 0.1) is 12.2 Å². The highest BCUT2D eigenvalue weighted by Crippen LogP contribution is 2.32. The first-order valence-electron chi connectivity index (χ1n) is 11.0. The Bertz CT molecular complexity index is 1000. The lowest BCUT2D eigenvalue weighted by molar-refractivity contribution is 0.290. The average molecular weight is 416 g/mol. The van der Waals surface area contributed by atoms with Crippen LogP contribution < -0.4 is 9.47 Å². The van der Waals surface area contributed by atoms with Crippen LogP contribution in [0.5, 0.6) is 17.4 Å². The molecule has 0 saturated carbocycles. The molecule has 0 saturated heterocycles. The van der Waals surface area contributed by atoms with Gasteiger partial charge in [0.2, 0.25) is 5.88 Å². The van der Waals surface area contributed by atoms with Crippen LogP contribution in [0.15, 0.2) is 77.9 Å². The number of hydrogen-bond acceptors (Lipinski definition) is 5. The lowest BCUT2D eigenvalue weighted by atomic mass is 10.1. The maximum Gasteiger partial charge on any atom is 0.230 e. The summed E-state index contributed by atoms with van der Waals surface area (Å²) in [5.41, 5.74) is 2.12. The minimum absolute atomic E-state index is 0.536. The van der Waals surface area contributed by atoms with Crippen molar-refractivity contribution in [1.29, 1.82) is 0 Å². The Morgan fingerprint density at radius 3 is 2.48 bits per heavy atom. The molecule has 0 bridgehead atoms. The number of hydrogen-bond donors (Lipinski definition) is 0. The van der Waals surface area contributed by atoms with Gasteiger partial charge in [-0.1, -0.05) is 48.9 Å². The molecule has 0 N–H and O–H groups in total. The number of amidine groups is 1. The predicted molar refractivity (Wildman–Crippen MR) is 124 cm³/mol. The number of ether oxygens (including phenoxy) is 2. The van der Waals surface area contributed by atoms with E-state index >= 15 is 0 Å². The molecular weight excluding hydrogens is 386 g/mol. The number of rotatable bonds is 2. The summed E-state index contributed by atoms with van der Waals surface area (Å²) in [6, 6.07) is 22.2. The van der Waals surface area contributed by atoms with Gasteiger partial charge < -0.3 is 14.4 Å². The van der Waals surface area contributed by atoms with Crippen molar-refractivity contribution >= 4 is 5.84 Å². The van der Waals surface area contributed by atoms with Gasteiger partial charge in [0, 0.05) is 26.3 Å². The van der Waals surface area contributed by atoms with Crippen LogP contribution in [-0.4, -0.2) is 35.9 Å². The minimum Gasteiger partial charge on any atom is -0.490 e. The minimum atomic E-state index is 0.536. The molecule has 5 heteroatoms. The van der Waals surface area contributed by atoms with E-state index in [9.17, 15) is 0 Å². The van der Waals surface area contributed by atoms with Crippen molar-refractivity contribution < 1.29 is 9.47 Å². The van der Waals surface area contributed by atoms with Crippen LogP contribution in [-0.2, 0) is 6.54 Å². The highest BCUT2D eigenvalue weighted by Gasteiger charge is 2.18. The Kier molecular flexibility index (Phi) is 7.16. The third-order valence-electron chi connectivity index (χ3n) is 5.26. The SMILES string of the molecule is CN(Cc1ccccc1)C1=NCCCCCCOc2ccccc2Oc2ncccc21. The summed E-state index contributed by atoms with van der Waals surface area (Å²) in [7, 11) is 2.07. The molecule has 0 aliphatic carbocycles. The Balaban J connectivity index is 1.69. The van der Waals surface area contributed by atoms with E-state index in [0.29, 0.717) is 18.2 Å². The van der Waals surface area contributed by atoms with Crippen molar-refractivity contribution in [3.63, 3.8) is 0 Å². The first kappa shape index (κ1) is 20.9. The van der Waals surface area contributed by atoms with E-state index in [2.05, 4.69) is 41.2 Å². The second-order valence-electron chi connectivity index (χ2n) is 7.71. The lowest BCUT2D eigenvalue weighted by Gasteiger charge is -2.23. The van der Waals surface area contributed by atoms with Crippen molar-refractivity contribution in [2.24, 2.45) is 4.99 Å². The lowest BCUT2D eigenvalue weighted by Crippen LogP contribution is -2.28. The van der Waals surface area contributed by atoms with E-state index in [-0.39, 0.29) is 0 Å². The monoisotopic (exact) mass is 415 g/mol. The molecule has 0 radical (unpaired) electrons. The number of pyridine rings is 1. The van der Waals surface area contributed by atoms with Crippen LogP contribution in [0, 0.1) is 0 Å². The molecule has 0 fully saturated rings. The Labute approximate surface area is 184 Å². The fourth-order valence-electron chi connectivity index (χ4n) is 3.68. The number of benzene rings is 2. The summed E-state index contributed by atoms with van der Waals surface area (Å²) in [5, 5.41) is 0. The van der Waals surface area contributed by atoms with Gasteiger partial charge in [-0.3, -0.25) is 4.99 Å². The van der Waals surface area contributed by atoms with Gasteiger partial charge >= 0.3 is 0 Å². The van der Waals surface area contributed by atoms with E-state index in [4.69, 9.17) is 14.5 Å². The number of fused-ring (bicyclic) bond motifs is 2. The Hall–Kier alpha value is -3.34. The van der Waals surface area contributed by atoms with Gasteiger partial charge in [-0.25, -0.2) is 4.98 Å². The van der Waals surface area contributed by atoms with Gasteiger partial charge in [0.25, 0.3) is 0 Å². The fourth-order valence-corrected chi connectivity index (χ4v) is 3.68. The third-order valence-corrected chi connectivity index (χ3v) is 5.26. The number of para-hydroxylation sites is 2. The summed E-state index contributed by atoms with van der Waals surface area (Å²) in [4.78, 5) is 11.7. The summed E-state index contributed by atoms with van der Waals surface area (Å²) < 4.78 is 12.3. The van der Waals surface area contributed by atoms with Gasteiger partial charge in [-0.15, -0.1) is 0 Å². The zero-order chi connectivity index (χ0) is 21.3. The van der Waals surface area contributed by atoms with Crippen molar-refractivity contribution in [1.82, 2.24) is 9.88 Å². The van der Waals surface area contributed by atoms with Gasteiger partial charge in [0.1, 0.15) is 5.84 Å².